The van der Waals surface area contributed by atoms with Gasteiger partial charge in [-0.2, -0.15) is 0 Å². The number of halogens is 1. The predicted octanol–water partition coefficient (Wildman–Crippen LogP) is 5.95. The second-order valence-electron chi connectivity index (χ2n) is 8.60. The summed E-state index contributed by atoms with van der Waals surface area (Å²) < 4.78 is 20.1. The van der Waals surface area contributed by atoms with E-state index < -0.39 is 23.5 Å². The maximum Gasteiger partial charge on any atom is 0.301 e. The van der Waals surface area contributed by atoms with Gasteiger partial charge < -0.3 is 14.9 Å². The zero-order valence-corrected chi connectivity index (χ0v) is 20.7. The molecule has 1 unspecified atom stereocenters. The van der Waals surface area contributed by atoms with E-state index >= 15 is 0 Å². The Labute approximate surface area is 216 Å². The van der Waals surface area contributed by atoms with E-state index in [1.807, 2.05) is 0 Å². The van der Waals surface area contributed by atoms with Gasteiger partial charge >= 0.3 is 5.91 Å². The highest BCUT2D eigenvalue weighted by molar-refractivity contribution is 7.22. The van der Waals surface area contributed by atoms with Crippen molar-refractivity contribution in [3.63, 3.8) is 0 Å². The molecule has 1 fully saturated rings. The van der Waals surface area contributed by atoms with Gasteiger partial charge in [-0.15, -0.1) is 0 Å². The number of aromatic nitrogens is 1. The number of thiazole rings is 1. The minimum atomic E-state index is -1.02. The number of ether oxygens (including phenoxy) is 1. The summed E-state index contributed by atoms with van der Waals surface area (Å²) in [7, 11) is 0. The lowest BCUT2D eigenvalue weighted by atomic mass is 9.95. The zero-order valence-electron chi connectivity index (χ0n) is 19.8. The van der Waals surface area contributed by atoms with Crippen molar-refractivity contribution < 1.29 is 28.9 Å². The SMILES string of the molecule is CCCCOc1cccc(/C(O)=C2\C(=O)C(=O)N(c3nc4ccc(F)cc4s3)C2c2ccc(O)cc2)c1. The Morgan fingerprint density at radius 3 is 2.65 bits per heavy atom. The highest BCUT2D eigenvalue weighted by Crippen LogP contribution is 2.44. The Bertz CT molecular complexity index is 1530. The van der Waals surface area contributed by atoms with E-state index in [0.717, 1.165) is 24.2 Å². The van der Waals surface area contributed by atoms with Crippen LogP contribution in [0.3, 0.4) is 0 Å². The lowest BCUT2D eigenvalue weighted by Gasteiger charge is -2.23. The largest absolute Gasteiger partial charge is 0.508 e. The molecule has 4 aromatic rings. The summed E-state index contributed by atoms with van der Waals surface area (Å²) in [6.07, 6.45) is 1.84. The average Bonchev–Trinajstić information content (AvgIpc) is 3.42. The van der Waals surface area contributed by atoms with E-state index in [4.69, 9.17) is 4.74 Å². The number of phenolic OH excluding ortho intramolecular Hbond substituents is 1. The van der Waals surface area contributed by atoms with Crippen LogP contribution in [-0.2, 0) is 9.59 Å². The summed E-state index contributed by atoms with van der Waals surface area (Å²) in [6, 6.07) is 15.8. The van der Waals surface area contributed by atoms with Crippen molar-refractivity contribution in [2.75, 3.05) is 11.5 Å². The van der Waals surface area contributed by atoms with Crippen LogP contribution < -0.4 is 9.64 Å². The van der Waals surface area contributed by atoms with Crippen LogP contribution in [0, 0.1) is 5.82 Å². The highest BCUT2D eigenvalue weighted by atomic mass is 32.1. The number of fused-ring (bicyclic) bond motifs is 1. The first-order chi connectivity index (χ1) is 17.9. The molecule has 1 aromatic heterocycles. The molecule has 0 aliphatic carbocycles. The van der Waals surface area contributed by atoms with Crippen molar-refractivity contribution in [2.45, 2.75) is 25.8 Å². The number of benzene rings is 3. The van der Waals surface area contributed by atoms with Crippen LogP contribution in [0.25, 0.3) is 16.0 Å². The number of hydrogen-bond donors (Lipinski definition) is 2. The van der Waals surface area contributed by atoms with E-state index in [9.17, 15) is 24.2 Å². The molecular weight excluding hydrogens is 495 g/mol. The Balaban J connectivity index is 1.64. The minimum absolute atomic E-state index is 0.00749. The Morgan fingerprint density at radius 1 is 1.11 bits per heavy atom. The van der Waals surface area contributed by atoms with Gasteiger partial charge in [0.15, 0.2) is 5.13 Å². The van der Waals surface area contributed by atoms with Gasteiger partial charge in [-0.05, 0) is 54.4 Å². The van der Waals surface area contributed by atoms with Gasteiger partial charge in [0.2, 0.25) is 0 Å². The van der Waals surface area contributed by atoms with Crippen LogP contribution in [0.4, 0.5) is 9.52 Å². The number of rotatable bonds is 7. The number of amides is 1. The number of aromatic hydroxyl groups is 1. The standard InChI is InChI=1S/C28H23FN2O5S/c1-2-3-13-36-20-6-4-5-17(14-20)25(33)23-24(16-7-10-19(32)11-8-16)31(27(35)26(23)34)28-30-21-12-9-18(29)15-22(21)37-28/h4-12,14-15,24,32-33H,2-3,13H2,1H3/b25-23+. The molecule has 1 aliphatic heterocycles. The molecule has 0 spiro atoms. The zero-order chi connectivity index (χ0) is 26.1. The lowest BCUT2D eigenvalue weighted by molar-refractivity contribution is -0.132. The number of nitrogens with zero attached hydrogens (tertiary/aromatic N) is 2. The second-order valence-corrected chi connectivity index (χ2v) is 9.61. The quantitative estimate of drug-likeness (QED) is 0.136. The third-order valence-corrected chi connectivity index (χ3v) is 7.09. The molecule has 1 amide bonds. The summed E-state index contributed by atoms with van der Waals surface area (Å²) in [6.45, 7) is 2.56. The number of carbonyl (C=O) groups excluding carboxylic acids is 2. The minimum Gasteiger partial charge on any atom is -0.508 e. The molecule has 7 nitrogen and oxygen atoms in total. The van der Waals surface area contributed by atoms with Crippen molar-refractivity contribution in [1.82, 2.24) is 4.98 Å². The first-order valence-corrected chi connectivity index (χ1v) is 12.6. The topological polar surface area (TPSA) is 100.0 Å². The third-order valence-electron chi connectivity index (χ3n) is 6.07. The summed E-state index contributed by atoms with van der Waals surface area (Å²) in [5.41, 5.74) is 1.16. The molecule has 1 saturated heterocycles. The number of aliphatic hydroxyl groups excluding tert-OH is 1. The van der Waals surface area contributed by atoms with Crippen LogP contribution in [-0.4, -0.2) is 33.5 Å². The van der Waals surface area contributed by atoms with Gasteiger partial charge in [-0.25, -0.2) is 9.37 Å². The fourth-order valence-electron chi connectivity index (χ4n) is 4.21. The molecule has 37 heavy (non-hydrogen) atoms. The van der Waals surface area contributed by atoms with Gasteiger partial charge in [0.05, 0.1) is 28.4 Å². The second kappa shape index (κ2) is 10.0. The van der Waals surface area contributed by atoms with Gasteiger partial charge in [0.25, 0.3) is 5.78 Å². The Hall–Kier alpha value is -4.24. The third kappa shape index (κ3) is 4.65. The number of Topliss-reactive ketones (excluding diaryl/α,β-unsaturated/α-hetero) is 1. The van der Waals surface area contributed by atoms with E-state index in [-0.39, 0.29) is 22.2 Å². The first-order valence-electron chi connectivity index (χ1n) is 11.8. The molecule has 1 aliphatic rings. The number of unbranched alkanes of at least 4 members (excludes halogenated alkanes) is 1. The molecule has 3 aromatic carbocycles. The van der Waals surface area contributed by atoms with Crippen LogP contribution in [0.2, 0.25) is 0 Å². The van der Waals surface area contributed by atoms with Gasteiger partial charge in [-0.1, -0.05) is 48.9 Å². The van der Waals surface area contributed by atoms with Crippen LogP contribution in [0.15, 0.2) is 72.3 Å². The molecule has 0 bridgehead atoms. The molecule has 2 N–H and O–H groups in total. The van der Waals surface area contributed by atoms with Crippen LogP contribution >= 0.6 is 11.3 Å². The molecule has 5 rings (SSSR count). The Morgan fingerprint density at radius 2 is 1.89 bits per heavy atom. The van der Waals surface area contributed by atoms with Crippen molar-refractivity contribution in [2.24, 2.45) is 0 Å². The number of hydrogen-bond acceptors (Lipinski definition) is 7. The smallest absolute Gasteiger partial charge is 0.301 e. The maximum absolute atomic E-state index is 13.8. The van der Waals surface area contributed by atoms with E-state index in [0.29, 0.717) is 33.7 Å². The lowest BCUT2D eigenvalue weighted by Crippen LogP contribution is -2.29. The summed E-state index contributed by atoms with van der Waals surface area (Å²) in [5.74, 6) is -2.00. The first kappa shape index (κ1) is 24.5. The fourth-order valence-corrected chi connectivity index (χ4v) is 5.23. The summed E-state index contributed by atoms with van der Waals surface area (Å²) in [5, 5.41) is 21.3. The number of aliphatic hydroxyl groups is 1. The van der Waals surface area contributed by atoms with Gasteiger partial charge in [-0.3, -0.25) is 14.5 Å². The van der Waals surface area contributed by atoms with E-state index in [2.05, 4.69) is 11.9 Å². The molecule has 2 heterocycles. The number of phenols is 1. The van der Waals surface area contributed by atoms with Gasteiger partial charge in [0.1, 0.15) is 23.1 Å². The summed E-state index contributed by atoms with van der Waals surface area (Å²) in [4.78, 5) is 32.4. The molecule has 0 radical (unpaired) electrons. The number of anilines is 1. The van der Waals surface area contributed by atoms with Crippen molar-refractivity contribution in [3.8, 4) is 11.5 Å². The molecular formula is C28H23FN2O5S. The van der Waals surface area contributed by atoms with E-state index in [1.54, 1.807) is 36.4 Å². The molecule has 188 valence electrons. The monoisotopic (exact) mass is 518 g/mol. The van der Waals surface area contributed by atoms with Crippen molar-refractivity contribution >= 4 is 44.1 Å². The van der Waals surface area contributed by atoms with Gasteiger partial charge in [0, 0.05) is 5.56 Å². The predicted molar refractivity (Wildman–Crippen MR) is 139 cm³/mol. The highest BCUT2D eigenvalue weighted by Gasteiger charge is 2.48. The Kier molecular flexibility index (Phi) is 6.62. The number of ketones is 1. The van der Waals surface area contributed by atoms with Crippen LogP contribution in [0.5, 0.6) is 11.5 Å². The average molecular weight is 519 g/mol. The van der Waals surface area contributed by atoms with Crippen LogP contribution in [0.1, 0.15) is 36.9 Å². The molecule has 0 saturated carbocycles. The normalized spacial score (nSPS) is 17.0. The van der Waals surface area contributed by atoms with Crippen molar-refractivity contribution in [1.29, 1.82) is 0 Å². The summed E-state index contributed by atoms with van der Waals surface area (Å²) >= 11 is 1.07. The van der Waals surface area contributed by atoms with Crippen molar-refractivity contribution in [3.05, 3.63) is 89.2 Å². The number of carbonyl (C=O) groups is 2. The fraction of sp³-hybridized carbons (Fsp3) is 0.179. The maximum atomic E-state index is 13.8. The van der Waals surface area contributed by atoms with E-state index in [1.165, 1.54) is 35.2 Å². The molecule has 9 heteroatoms. The molecule has 1 atom stereocenters.